The molecule has 4 nitrogen and oxygen atoms in total. The van der Waals surface area contributed by atoms with E-state index >= 15 is 0 Å². The van der Waals surface area contributed by atoms with Crippen molar-refractivity contribution in [1.29, 1.82) is 0 Å². The van der Waals surface area contributed by atoms with Crippen LogP contribution in [-0.2, 0) is 9.47 Å². The molecular formula is C14H12O4. The smallest absolute Gasteiger partial charge is 0.228 e. The number of hydrogen-bond acceptors (Lipinski definition) is 4. The van der Waals surface area contributed by atoms with Crippen LogP contribution in [-0.4, -0.2) is 19.0 Å². The number of carbonyl (C=O) groups is 1. The summed E-state index contributed by atoms with van der Waals surface area (Å²) >= 11 is 0. The van der Waals surface area contributed by atoms with Gasteiger partial charge in [0.15, 0.2) is 12.1 Å². The molecule has 1 aliphatic rings. The Kier molecular flexibility index (Phi) is 2.96. The monoisotopic (exact) mass is 244 g/mol. The van der Waals surface area contributed by atoms with Crippen LogP contribution in [0.4, 0.5) is 0 Å². The van der Waals surface area contributed by atoms with E-state index in [1.54, 1.807) is 24.3 Å². The van der Waals surface area contributed by atoms with Gasteiger partial charge in [0, 0.05) is 11.1 Å². The van der Waals surface area contributed by atoms with Gasteiger partial charge < -0.3 is 13.9 Å². The number of hydrogen-bond donors (Lipinski definition) is 0. The lowest BCUT2D eigenvalue weighted by Gasteiger charge is -2.09. The maximum Gasteiger partial charge on any atom is 0.228 e. The normalized spacial score (nSPS) is 16.0. The number of benzene rings is 1. The zero-order valence-corrected chi connectivity index (χ0v) is 9.67. The van der Waals surface area contributed by atoms with Crippen molar-refractivity contribution in [3.8, 4) is 0 Å². The maximum atomic E-state index is 12.0. The summed E-state index contributed by atoms with van der Waals surface area (Å²) in [5.41, 5.74) is 1.51. The van der Waals surface area contributed by atoms with Gasteiger partial charge in [0.05, 0.1) is 19.5 Å². The molecule has 0 bridgehead atoms. The highest BCUT2D eigenvalue weighted by molar-refractivity contribution is 6.07. The van der Waals surface area contributed by atoms with Gasteiger partial charge in [0.2, 0.25) is 5.78 Å². The van der Waals surface area contributed by atoms with Crippen LogP contribution >= 0.6 is 0 Å². The van der Waals surface area contributed by atoms with E-state index in [9.17, 15) is 4.79 Å². The average molecular weight is 244 g/mol. The fraction of sp³-hybridized carbons (Fsp3) is 0.214. The number of carbonyl (C=O) groups excluding carboxylic acids is 1. The lowest BCUT2D eigenvalue weighted by molar-refractivity contribution is -0.0441. The van der Waals surface area contributed by atoms with Gasteiger partial charge in [-0.3, -0.25) is 4.79 Å². The quantitative estimate of drug-likeness (QED) is 0.778. The maximum absolute atomic E-state index is 12.0. The van der Waals surface area contributed by atoms with E-state index in [1.807, 2.05) is 12.1 Å². The first kappa shape index (κ1) is 11.2. The molecule has 0 saturated carbocycles. The predicted molar refractivity (Wildman–Crippen MR) is 63.2 cm³/mol. The van der Waals surface area contributed by atoms with E-state index in [0.29, 0.717) is 24.5 Å². The molecule has 1 aromatic carbocycles. The fourth-order valence-corrected chi connectivity index (χ4v) is 1.89. The van der Waals surface area contributed by atoms with Crippen LogP contribution in [0.5, 0.6) is 0 Å². The molecule has 18 heavy (non-hydrogen) atoms. The third-order valence-electron chi connectivity index (χ3n) is 2.81. The summed E-state index contributed by atoms with van der Waals surface area (Å²) in [6.07, 6.45) is 1.18. The van der Waals surface area contributed by atoms with Crippen molar-refractivity contribution in [2.75, 3.05) is 13.2 Å². The molecule has 1 saturated heterocycles. The van der Waals surface area contributed by atoms with Gasteiger partial charge in [0.25, 0.3) is 0 Å². The second kappa shape index (κ2) is 4.76. The third kappa shape index (κ3) is 2.08. The van der Waals surface area contributed by atoms with E-state index < -0.39 is 0 Å². The second-order valence-corrected chi connectivity index (χ2v) is 4.00. The van der Waals surface area contributed by atoms with Crippen LogP contribution in [0.2, 0.25) is 0 Å². The van der Waals surface area contributed by atoms with Gasteiger partial charge in [-0.15, -0.1) is 0 Å². The molecule has 0 unspecified atom stereocenters. The van der Waals surface area contributed by atoms with Crippen LogP contribution in [0.1, 0.15) is 28.0 Å². The minimum absolute atomic E-state index is 0.125. The lowest BCUT2D eigenvalue weighted by atomic mass is 10.1. The van der Waals surface area contributed by atoms with Crippen LogP contribution < -0.4 is 0 Å². The standard InChI is InChI=1S/C14H12O4/c15-13(12-2-1-7-16-12)10-3-5-11(6-4-10)14-17-8-9-18-14/h1-7,14H,8-9H2. The van der Waals surface area contributed by atoms with Gasteiger partial charge >= 0.3 is 0 Å². The molecular weight excluding hydrogens is 232 g/mol. The molecule has 4 heteroatoms. The summed E-state index contributed by atoms with van der Waals surface area (Å²) in [5, 5.41) is 0. The molecule has 0 spiro atoms. The zero-order valence-electron chi connectivity index (χ0n) is 9.67. The van der Waals surface area contributed by atoms with Crippen molar-refractivity contribution in [2.45, 2.75) is 6.29 Å². The van der Waals surface area contributed by atoms with Gasteiger partial charge in [-0.25, -0.2) is 0 Å². The molecule has 3 rings (SSSR count). The Labute approximate surface area is 104 Å². The molecule has 1 fully saturated rings. The molecule has 0 atom stereocenters. The minimum Gasteiger partial charge on any atom is -0.461 e. The van der Waals surface area contributed by atoms with Gasteiger partial charge in [-0.2, -0.15) is 0 Å². The Bertz CT molecular complexity index is 521. The molecule has 0 amide bonds. The number of ketones is 1. The summed E-state index contributed by atoms with van der Waals surface area (Å²) in [6, 6.07) is 10.5. The molecule has 0 N–H and O–H groups in total. The third-order valence-corrected chi connectivity index (χ3v) is 2.81. The van der Waals surface area contributed by atoms with Crippen molar-refractivity contribution in [3.63, 3.8) is 0 Å². The fourth-order valence-electron chi connectivity index (χ4n) is 1.89. The highest BCUT2D eigenvalue weighted by Crippen LogP contribution is 2.23. The Balaban J connectivity index is 1.80. The first-order valence-corrected chi connectivity index (χ1v) is 5.76. The van der Waals surface area contributed by atoms with Crippen LogP contribution in [0.25, 0.3) is 0 Å². The van der Waals surface area contributed by atoms with Gasteiger partial charge in [-0.1, -0.05) is 24.3 Å². The van der Waals surface area contributed by atoms with E-state index in [1.165, 1.54) is 6.26 Å². The Morgan fingerprint density at radius 3 is 2.39 bits per heavy atom. The molecule has 92 valence electrons. The largest absolute Gasteiger partial charge is 0.461 e. The molecule has 1 aliphatic heterocycles. The second-order valence-electron chi connectivity index (χ2n) is 4.00. The zero-order chi connectivity index (χ0) is 12.4. The average Bonchev–Trinajstić information content (AvgIpc) is 3.11. The summed E-state index contributed by atoms with van der Waals surface area (Å²) < 4.78 is 15.9. The van der Waals surface area contributed by atoms with E-state index in [4.69, 9.17) is 13.9 Å². The topological polar surface area (TPSA) is 48.7 Å². The molecule has 0 aliphatic carbocycles. The molecule has 1 aromatic heterocycles. The van der Waals surface area contributed by atoms with Crippen molar-refractivity contribution < 1.29 is 18.7 Å². The number of rotatable bonds is 3. The summed E-state index contributed by atoms with van der Waals surface area (Å²) in [6.45, 7) is 1.22. The van der Waals surface area contributed by atoms with Crippen LogP contribution in [0.3, 0.4) is 0 Å². The first-order chi connectivity index (χ1) is 8.84. The summed E-state index contributed by atoms with van der Waals surface area (Å²) in [7, 11) is 0. The first-order valence-electron chi connectivity index (χ1n) is 5.76. The Hall–Kier alpha value is -1.91. The van der Waals surface area contributed by atoms with Crippen molar-refractivity contribution >= 4 is 5.78 Å². The molecule has 2 heterocycles. The van der Waals surface area contributed by atoms with Crippen LogP contribution in [0, 0.1) is 0 Å². The van der Waals surface area contributed by atoms with E-state index in [-0.39, 0.29) is 12.1 Å². The Morgan fingerprint density at radius 2 is 1.78 bits per heavy atom. The highest BCUT2D eigenvalue weighted by Gasteiger charge is 2.19. The lowest BCUT2D eigenvalue weighted by Crippen LogP contribution is -2.02. The van der Waals surface area contributed by atoms with Gasteiger partial charge in [0.1, 0.15) is 0 Å². The van der Waals surface area contributed by atoms with Gasteiger partial charge in [-0.05, 0) is 12.1 Å². The predicted octanol–water partition coefficient (Wildman–Crippen LogP) is 2.56. The van der Waals surface area contributed by atoms with Crippen molar-refractivity contribution in [3.05, 3.63) is 59.5 Å². The summed E-state index contributed by atoms with van der Waals surface area (Å²) in [4.78, 5) is 12.0. The molecule has 2 aromatic rings. The van der Waals surface area contributed by atoms with E-state index in [2.05, 4.69) is 0 Å². The minimum atomic E-state index is -0.308. The highest BCUT2D eigenvalue weighted by atomic mass is 16.7. The summed E-state index contributed by atoms with van der Waals surface area (Å²) in [5.74, 6) is 0.218. The number of furan rings is 1. The number of ether oxygens (including phenoxy) is 2. The van der Waals surface area contributed by atoms with Crippen molar-refractivity contribution in [2.24, 2.45) is 0 Å². The van der Waals surface area contributed by atoms with E-state index in [0.717, 1.165) is 5.56 Å². The SMILES string of the molecule is O=C(c1ccc(C2OCCO2)cc1)c1ccco1. The molecule has 0 radical (unpaired) electrons. The van der Waals surface area contributed by atoms with Crippen molar-refractivity contribution in [1.82, 2.24) is 0 Å². The van der Waals surface area contributed by atoms with Crippen LogP contribution in [0.15, 0.2) is 47.1 Å². The Morgan fingerprint density at radius 1 is 1.06 bits per heavy atom.